The Morgan fingerprint density at radius 2 is 1.76 bits per heavy atom. The van der Waals surface area contributed by atoms with E-state index < -0.39 is 18.0 Å². The lowest BCUT2D eigenvalue weighted by atomic mass is 10.0. The second-order valence-electron chi connectivity index (χ2n) is 5.51. The van der Waals surface area contributed by atoms with Gasteiger partial charge in [-0.3, -0.25) is 15.0 Å². The molecule has 2 rings (SSSR count). The number of benzene rings is 2. The molecule has 0 aliphatic rings. The van der Waals surface area contributed by atoms with Crippen LogP contribution in [-0.2, 0) is 11.3 Å². The highest BCUT2D eigenvalue weighted by Gasteiger charge is 2.27. The van der Waals surface area contributed by atoms with Gasteiger partial charge in [-0.05, 0) is 24.2 Å². The van der Waals surface area contributed by atoms with Crippen LogP contribution in [0, 0.1) is 0 Å². The molecule has 0 spiro atoms. The van der Waals surface area contributed by atoms with Gasteiger partial charge in [-0.2, -0.15) is 0 Å². The second kappa shape index (κ2) is 8.85. The topological polar surface area (TPSA) is 61.4 Å². The summed E-state index contributed by atoms with van der Waals surface area (Å²) in [6.07, 6.45) is 0. The number of amides is 3. The van der Waals surface area contributed by atoms with Gasteiger partial charge in [0.25, 0.3) is 0 Å². The first-order chi connectivity index (χ1) is 11.9. The molecule has 2 N–H and O–H groups in total. The van der Waals surface area contributed by atoms with Crippen molar-refractivity contribution in [1.29, 1.82) is 0 Å². The van der Waals surface area contributed by atoms with Crippen LogP contribution in [0.25, 0.3) is 0 Å². The Balaban J connectivity index is 2.29. The quantitative estimate of drug-likeness (QED) is 0.833. The van der Waals surface area contributed by atoms with E-state index in [1.54, 1.807) is 19.2 Å². The van der Waals surface area contributed by atoms with Gasteiger partial charge in [-0.15, -0.1) is 0 Å². The molecule has 0 saturated carbocycles. The van der Waals surface area contributed by atoms with Crippen molar-refractivity contribution in [3.05, 3.63) is 69.7 Å². The number of nitrogens with zero attached hydrogens (tertiary/aromatic N) is 1. The number of nitrogens with one attached hydrogen (secondary N) is 2. The normalized spacial score (nSPS) is 11.9. The Hall–Kier alpha value is -2.08. The molecule has 3 amide bonds. The number of hydrogen-bond acceptors (Lipinski definition) is 3. The Kier molecular flexibility index (Phi) is 6.82. The van der Waals surface area contributed by atoms with E-state index in [0.29, 0.717) is 16.6 Å². The van der Waals surface area contributed by atoms with Gasteiger partial charge in [0.05, 0.1) is 10.0 Å². The maximum absolute atomic E-state index is 12.6. The van der Waals surface area contributed by atoms with E-state index >= 15 is 0 Å². The van der Waals surface area contributed by atoms with Gasteiger partial charge in [-0.1, -0.05) is 65.7 Å². The molecule has 0 aliphatic heterocycles. The summed E-state index contributed by atoms with van der Waals surface area (Å²) in [4.78, 5) is 26.0. The second-order valence-corrected chi connectivity index (χ2v) is 6.29. The summed E-state index contributed by atoms with van der Waals surface area (Å²) in [5.41, 5.74) is 1.56. The molecule has 2 aromatic carbocycles. The summed E-state index contributed by atoms with van der Waals surface area (Å²) in [7, 11) is 3.24. The van der Waals surface area contributed by atoms with Crippen LogP contribution < -0.4 is 10.6 Å². The maximum Gasteiger partial charge on any atom is 0.321 e. The molecule has 1 atom stereocenters. The molecular weight excluding hydrogens is 361 g/mol. The van der Waals surface area contributed by atoms with Gasteiger partial charge in [0.2, 0.25) is 5.91 Å². The number of urea groups is 1. The fourth-order valence-corrected chi connectivity index (χ4v) is 2.89. The van der Waals surface area contributed by atoms with Crippen molar-refractivity contribution in [2.75, 3.05) is 14.1 Å². The molecule has 0 aliphatic carbocycles. The van der Waals surface area contributed by atoms with Crippen molar-refractivity contribution >= 4 is 35.1 Å². The minimum atomic E-state index is -0.659. The van der Waals surface area contributed by atoms with Crippen LogP contribution in [0.5, 0.6) is 0 Å². The largest absolute Gasteiger partial charge is 0.341 e. The van der Waals surface area contributed by atoms with Crippen LogP contribution in [0.2, 0.25) is 10.0 Å². The van der Waals surface area contributed by atoms with E-state index in [1.807, 2.05) is 41.3 Å². The maximum atomic E-state index is 12.6. The first kappa shape index (κ1) is 19.2. The average molecular weight is 380 g/mol. The molecule has 132 valence electrons. The molecule has 0 saturated heterocycles. The van der Waals surface area contributed by atoms with E-state index in [2.05, 4.69) is 10.6 Å². The Bertz CT molecular complexity index is 753. The first-order valence-corrected chi connectivity index (χ1v) is 8.40. The standard InChI is InChI=1S/C18H19Cl2N3O2/c1-21-18(25)22-17(24)16(12-7-4-3-5-8-12)23(2)11-13-9-6-10-14(19)15(13)20/h3-10,16H,11H2,1-2H3,(H2,21,22,24,25)/t16-/m1/s1. The van der Waals surface area contributed by atoms with Crippen LogP contribution in [0.1, 0.15) is 17.2 Å². The zero-order chi connectivity index (χ0) is 18.4. The number of imide groups is 1. The predicted octanol–water partition coefficient (Wildman–Crippen LogP) is 3.62. The molecular formula is C18H19Cl2N3O2. The molecule has 0 fully saturated rings. The Morgan fingerprint density at radius 1 is 1.08 bits per heavy atom. The van der Waals surface area contributed by atoms with Gasteiger partial charge in [0, 0.05) is 13.6 Å². The van der Waals surface area contributed by atoms with Crippen LogP contribution in [-0.4, -0.2) is 30.9 Å². The van der Waals surface area contributed by atoms with Crippen LogP contribution in [0.4, 0.5) is 4.79 Å². The SMILES string of the molecule is CNC(=O)NC(=O)[C@@H](c1ccccc1)N(C)Cc1cccc(Cl)c1Cl. The molecule has 7 heteroatoms. The summed E-state index contributed by atoms with van der Waals surface area (Å²) in [6.45, 7) is 0.389. The summed E-state index contributed by atoms with van der Waals surface area (Å²) < 4.78 is 0. The highest BCUT2D eigenvalue weighted by atomic mass is 35.5. The molecule has 0 heterocycles. The Morgan fingerprint density at radius 3 is 2.40 bits per heavy atom. The average Bonchev–Trinajstić information content (AvgIpc) is 2.60. The fraction of sp³-hybridized carbons (Fsp3) is 0.222. The number of hydrogen-bond donors (Lipinski definition) is 2. The molecule has 0 radical (unpaired) electrons. The summed E-state index contributed by atoms with van der Waals surface area (Å²) in [5.74, 6) is -0.425. The number of likely N-dealkylation sites (N-methyl/N-ethyl adjacent to an activating group) is 1. The minimum absolute atomic E-state index is 0.389. The first-order valence-electron chi connectivity index (χ1n) is 7.64. The van der Waals surface area contributed by atoms with Crippen LogP contribution in [0.15, 0.2) is 48.5 Å². The molecule has 0 aromatic heterocycles. The van der Waals surface area contributed by atoms with Gasteiger partial charge in [-0.25, -0.2) is 4.79 Å². The van der Waals surface area contributed by atoms with Crippen molar-refractivity contribution in [2.24, 2.45) is 0 Å². The minimum Gasteiger partial charge on any atom is -0.341 e. The molecule has 5 nitrogen and oxygen atoms in total. The lowest BCUT2D eigenvalue weighted by molar-refractivity contribution is -0.125. The number of carbonyl (C=O) groups is 2. The van der Waals surface area contributed by atoms with E-state index in [0.717, 1.165) is 11.1 Å². The third-order valence-corrected chi connectivity index (χ3v) is 4.58. The monoisotopic (exact) mass is 379 g/mol. The third-order valence-electron chi connectivity index (χ3n) is 3.72. The number of rotatable bonds is 5. The van der Waals surface area contributed by atoms with E-state index in [1.165, 1.54) is 7.05 Å². The molecule has 0 bridgehead atoms. The van der Waals surface area contributed by atoms with Crippen molar-refractivity contribution in [1.82, 2.24) is 15.5 Å². The van der Waals surface area contributed by atoms with Crippen molar-refractivity contribution in [3.63, 3.8) is 0 Å². The molecule has 25 heavy (non-hydrogen) atoms. The Labute approximate surface area is 156 Å². The van der Waals surface area contributed by atoms with Gasteiger partial charge in [0.15, 0.2) is 0 Å². The third kappa shape index (κ3) is 4.95. The zero-order valence-electron chi connectivity index (χ0n) is 13.9. The van der Waals surface area contributed by atoms with Crippen molar-refractivity contribution in [2.45, 2.75) is 12.6 Å². The number of carbonyl (C=O) groups excluding carboxylic acids is 2. The lowest BCUT2D eigenvalue weighted by Crippen LogP contribution is -2.44. The lowest BCUT2D eigenvalue weighted by Gasteiger charge is -2.27. The summed E-state index contributed by atoms with van der Waals surface area (Å²) >= 11 is 12.3. The van der Waals surface area contributed by atoms with Crippen LogP contribution >= 0.6 is 23.2 Å². The van der Waals surface area contributed by atoms with Gasteiger partial charge >= 0.3 is 6.03 Å². The summed E-state index contributed by atoms with van der Waals surface area (Å²) in [5, 5.41) is 5.62. The van der Waals surface area contributed by atoms with Gasteiger partial charge < -0.3 is 5.32 Å². The number of halogens is 2. The smallest absolute Gasteiger partial charge is 0.321 e. The molecule has 2 aromatic rings. The van der Waals surface area contributed by atoms with Gasteiger partial charge in [0.1, 0.15) is 6.04 Å². The van der Waals surface area contributed by atoms with E-state index in [9.17, 15) is 9.59 Å². The van der Waals surface area contributed by atoms with E-state index in [-0.39, 0.29) is 0 Å². The summed E-state index contributed by atoms with van der Waals surface area (Å²) in [6, 6.07) is 13.4. The van der Waals surface area contributed by atoms with Crippen LogP contribution in [0.3, 0.4) is 0 Å². The van der Waals surface area contributed by atoms with E-state index in [4.69, 9.17) is 23.2 Å². The van der Waals surface area contributed by atoms with Crippen molar-refractivity contribution < 1.29 is 9.59 Å². The fourth-order valence-electron chi connectivity index (χ4n) is 2.51. The highest BCUT2D eigenvalue weighted by Crippen LogP contribution is 2.29. The van der Waals surface area contributed by atoms with Crippen molar-refractivity contribution in [3.8, 4) is 0 Å². The zero-order valence-corrected chi connectivity index (χ0v) is 15.4. The highest BCUT2D eigenvalue weighted by molar-refractivity contribution is 6.42. The molecule has 0 unspecified atom stereocenters. The predicted molar refractivity (Wildman–Crippen MR) is 99.7 cm³/mol.